The molecule has 0 fully saturated rings. The first-order valence-corrected chi connectivity index (χ1v) is 16.6. The Morgan fingerprint density at radius 2 is 0.611 bits per heavy atom. The van der Waals surface area contributed by atoms with E-state index in [0.717, 1.165) is 5.69 Å². The van der Waals surface area contributed by atoms with Gasteiger partial charge in [-0.15, -0.1) is 0 Å². The summed E-state index contributed by atoms with van der Waals surface area (Å²) in [5.74, 6) is 0. The summed E-state index contributed by atoms with van der Waals surface area (Å²) in [6, 6.07) is 8.30. The number of aryl methyl sites for hydroxylation is 1. The van der Waals surface area contributed by atoms with Crippen molar-refractivity contribution >= 4 is 5.69 Å². The van der Waals surface area contributed by atoms with Gasteiger partial charge in [0, 0.05) is 5.69 Å². The number of benzene rings is 1. The number of nitrogen functional groups attached to an aromatic ring is 1. The van der Waals surface area contributed by atoms with Crippen molar-refractivity contribution in [1.29, 1.82) is 0 Å². The lowest BCUT2D eigenvalue weighted by Gasteiger charge is -2.03. The van der Waals surface area contributed by atoms with Crippen LogP contribution in [0.25, 0.3) is 0 Å². The van der Waals surface area contributed by atoms with E-state index in [1.165, 1.54) is 173 Å². The highest BCUT2D eigenvalue weighted by atomic mass is 14.5. The molecule has 212 valence electrons. The Morgan fingerprint density at radius 3 is 0.889 bits per heavy atom. The van der Waals surface area contributed by atoms with Crippen LogP contribution in [-0.4, -0.2) is 0 Å². The molecule has 1 rings (SSSR count). The second-order valence-electron chi connectivity index (χ2n) is 11.3. The molecule has 0 spiro atoms. The van der Waals surface area contributed by atoms with Gasteiger partial charge in [-0.2, -0.15) is 0 Å². The Morgan fingerprint density at radius 1 is 0.361 bits per heavy atom. The molecule has 2 N–H and O–H groups in total. The van der Waals surface area contributed by atoms with Gasteiger partial charge in [-0.1, -0.05) is 187 Å². The van der Waals surface area contributed by atoms with Gasteiger partial charge in [-0.05, 0) is 30.5 Å². The molecule has 0 aliphatic heterocycles. The van der Waals surface area contributed by atoms with Gasteiger partial charge in [0.05, 0.1) is 0 Å². The van der Waals surface area contributed by atoms with Crippen molar-refractivity contribution in [2.45, 2.75) is 188 Å². The molecule has 0 radical (unpaired) electrons. The standard InChI is InChI=1S/C19H40.C16H27N/c1-3-5-7-9-11-13-15-17-19-18-16-14-12-10-8-6-4-2;1-2-3-4-5-6-7-8-9-10-15-11-13-16(17)14-12-15/h3-19H2,1-2H3;11-14H,2-10,17H2,1H3. The van der Waals surface area contributed by atoms with E-state index < -0.39 is 0 Å². The van der Waals surface area contributed by atoms with E-state index >= 15 is 0 Å². The Kier molecular flexibility index (Phi) is 29.4. The summed E-state index contributed by atoms with van der Waals surface area (Å²) in [4.78, 5) is 0. The molecule has 1 heteroatoms. The largest absolute Gasteiger partial charge is 0.399 e. The lowest BCUT2D eigenvalue weighted by atomic mass is 10.0. The average Bonchev–Trinajstić information content (AvgIpc) is 2.89. The molecule has 36 heavy (non-hydrogen) atoms. The Balaban J connectivity index is 0.000000684. The SMILES string of the molecule is CCCCCCCCCCCCCCCCCCC.CCCCCCCCCCc1ccc(N)cc1. The fraction of sp³-hybridized carbons (Fsp3) is 0.829. The smallest absolute Gasteiger partial charge is 0.0314 e. The Bertz CT molecular complexity index is 490. The fourth-order valence-electron chi connectivity index (χ4n) is 4.95. The summed E-state index contributed by atoms with van der Waals surface area (Å²) < 4.78 is 0. The maximum absolute atomic E-state index is 5.66. The minimum atomic E-state index is 0.865. The topological polar surface area (TPSA) is 26.0 Å². The van der Waals surface area contributed by atoms with Crippen LogP contribution in [0.1, 0.15) is 187 Å². The summed E-state index contributed by atoms with van der Waals surface area (Å²) in [6.07, 6.45) is 37.2. The number of hydrogen-bond donors (Lipinski definition) is 1. The van der Waals surface area contributed by atoms with Crippen molar-refractivity contribution in [2.24, 2.45) is 0 Å². The maximum Gasteiger partial charge on any atom is 0.0314 e. The van der Waals surface area contributed by atoms with E-state index in [0.29, 0.717) is 0 Å². The first-order valence-electron chi connectivity index (χ1n) is 16.6. The van der Waals surface area contributed by atoms with Crippen molar-refractivity contribution in [1.82, 2.24) is 0 Å². The zero-order valence-electron chi connectivity index (χ0n) is 25.3. The van der Waals surface area contributed by atoms with Gasteiger partial charge >= 0.3 is 0 Å². The molecule has 1 nitrogen and oxygen atoms in total. The van der Waals surface area contributed by atoms with Crippen LogP contribution in [0.2, 0.25) is 0 Å². The van der Waals surface area contributed by atoms with Crippen molar-refractivity contribution in [3.05, 3.63) is 29.8 Å². The molecule has 1 aromatic carbocycles. The van der Waals surface area contributed by atoms with E-state index in [2.05, 4.69) is 32.9 Å². The molecule has 0 aliphatic carbocycles. The van der Waals surface area contributed by atoms with Gasteiger partial charge in [0.25, 0.3) is 0 Å². The third-order valence-corrected chi connectivity index (χ3v) is 7.51. The molecule has 0 atom stereocenters. The highest BCUT2D eigenvalue weighted by molar-refractivity contribution is 5.39. The van der Waals surface area contributed by atoms with E-state index in [4.69, 9.17) is 5.73 Å². The van der Waals surface area contributed by atoms with E-state index in [1.807, 2.05) is 12.1 Å². The second kappa shape index (κ2) is 30.2. The van der Waals surface area contributed by atoms with Gasteiger partial charge in [0.2, 0.25) is 0 Å². The van der Waals surface area contributed by atoms with Crippen molar-refractivity contribution in [2.75, 3.05) is 5.73 Å². The summed E-state index contributed by atoms with van der Waals surface area (Å²) in [5, 5.41) is 0. The molecule has 1 aromatic rings. The first-order chi connectivity index (χ1) is 17.7. The Hall–Kier alpha value is -0.980. The molecule has 0 heterocycles. The molecule has 0 amide bonds. The average molecular weight is 502 g/mol. The van der Waals surface area contributed by atoms with Crippen molar-refractivity contribution < 1.29 is 0 Å². The number of hydrogen-bond acceptors (Lipinski definition) is 1. The van der Waals surface area contributed by atoms with Gasteiger partial charge in [-0.3, -0.25) is 0 Å². The number of unbranched alkanes of at least 4 members (excludes halogenated alkanes) is 23. The molecule has 0 unspecified atom stereocenters. The first kappa shape index (κ1) is 35.0. The second-order valence-corrected chi connectivity index (χ2v) is 11.3. The number of rotatable bonds is 25. The number of nitrogens with two attached hydrogens (primary N) is 1. The zero-order valence-corrected chi connectivity index (χ0v) is 25.3. The maximum atomic E-state index is 5.66. The van der Waals surface area contributed by atoms with E-state index in [9.17, 15) is 0 Å². The zero-order chi connectivity index (χ0) is 26.4. The molecule has 0 saturated carbocycles. The minimum absolute atomic E-state index is 0.865. The van der Waals surface area contributed by atoms with Crippen LogP contribution in [0.15, 0.2) is 24.3 Å². The van der Waals surface area contributed by atoms with Crippen LogP contribution in [0.4, 0.5) is 5.69 Å². The van der Waals surface area contributed by atoms with Crippen molar-refractivity contribution in [3.8, 4) is 0 Å². The predicted molar refractivity (Wildman–Crippen MR) is 167 cm³/mol. The minimum Gasteiger partial charge on any atom is -0.399 e. The normalized spacial score (nSPS) is 10.9. The van der Waals surface area contributed by atoms with Gasteiger partial charge in [0.15, 0.2) is 0 Å². The van der Waals surface area contributed by atoms with E-state index in [1.54, 1.807) is 0 Å². The third-order valence-electron chi connectivity index (χ3n) is 7.51. The quantitative estimate of drug-likeness (QED) is 0.105. The molecule has 0 aromatic heterocycles. The van der Waals surface area contributed by atoms with Crippen LogP contribution in [0, 0.1) is 0 Å². The highest BCUT2D eigenvalue weighted by Crippen LogP contribution is 2.14. The lowest BCUT2D eigenvalue weighted by Crippen LogP contribution is -1.88. The van der Waals surface area contributed by atoms with Gasteiger partial charge < -0.3 is 5.73 Å². The molecule has 0 saturated heterocycles. The van der Waals surface area contributed by atoms with Crippen molar-refractivity contribution in [3.63, 3.8) is 0 Å². The molecule has 0 bridgehead atoms. The van der Waals surface area contributed by atoms with Crippen LogP contribution >= 0.6 is 0 Å². The fourth-order valence-corrected chi connectivity index (χ4v) is 4.95. The lowest BCUT2D eigenvalue weighted by molar-refractivity contribution is 0.529. The summed E-state index contributed by atoms with van der Waals surface area (Å²) >= 11 is 0. The predicted octanol–water partition coefficient (Wildman–Crippen LogP) is 12.6. The summed E-state index contributed by atoms with van der Waals surface area (Å²) in [6.45, 7) is 6.86. The van der Waals surface area contributed by atoms with Crippen LogP contribution in [0.3, 0.4) is 0 Å². The van der Waals surface area contributed by atoms with Gasteiger partial charge in [-0.25, -0.2) is 0 Å². The van der Waals surface area contributed by atoms with Crippen LogP contribution < -0.4 is 5.73 Å². The van der Waals surface area contributed by atoms with Crippen LogP contribution in [0.5, 0.6) is 0 Å². The molecular weight excluding hydrogens is 434 g/mol. The molecular formula is C35H67N. The van der Waals surface area contributed by atoms with Gasteiger partial charge in [0.1, 0.15) is 0 Å². The summed E-state index contributed by atoms with van der Waals surface area (Å²) in [7, 11) is 0. The summed E-state index contributed by atoms with van der Waals surface area (Å²) in [5.41, 5.74) is 7.95. The monoisotopic (exact) mass is 502 g/mol. The molecule has 0 aliphatic rings. The Labute approximate surface area is 228 Å². The highest BCUT2D eigenvalue weighted by Gasteiger charge is 1.95. The van der Waals surface area contributed by atoms with Crippen LogP contribution in [-0.2, 0) is 6.42 Å². The van der Waals surface area contributed by atoms with E-state index in [-0.39, 0.29) is 0 Å². The number of anilines is 1. The third kappa shape index (κ3) is 27.6.